The van der Waals surface area contributed by atoms with Crippen LogP contribution < -0.4 is 5.73 Å². The smallest absolute Gasteiger partial charge is 0.243 e. The number of hydrogen-bond donors (Lipinski definition) is 1. The van der Waals surface area contributed by atoms with Crippen LogP contribution in [0.2, 0.25) is 0 Å². The van der Waals surface area contributed by atoms with Crippen molar-refractivity contribution in [2.24, 2.45) is 5.73 Å². The Morgan fingerprint density at radius 3 is 2.56 bits per heavy atom. The van der Waals surface area contributed by atoms with Crippen molar-refractivity contribution in [3.05, 3.63) is 29.3 Å². The Kier molecular flexibility index (Phi) is 5.31. The summed E-state index contributed by atoms with van der Waals surface area (Å²) in [6.07, 6.45) is 1.84. The fourth-order valence-electron chi connectivity index (χ4n) is 1.83. The molecule has 0 aliphatic rings. The number of rotatable bonds is 6. The fourth-order valence-corrected chi connectivity index (χ4v) is 3.30. The van der Waals surface area contributed by atoms with E-state index >= 15 is 0 Å². The average molecular weight is 270 g/mol. The summed E-state index contributed by atoms with van der Waals surface area (Å²) in [5.41, 5.74) is 7.24. The summed E-state index contributed by atoms with van der Waals surface area (Å²) in [5.74, 6) is 0. The van der Waals surface area contributed by atoms with Gasteiger partial charge in [0.1, 0.15) is 0 Å². The zero-order valence-corrected chi connectivity index (χ0v) is 12.1. The lowest BCUT2D eigenvalue weighted by atomic mass is 10.1. The largest absolute Gasteiger partial charge is 0.326 e. The molecule has 102 valence electrons. The molecule has 1 aromatic carbocycles. The molecule has 0 bridgehead atoms. The highest BCUT2D eigenvalue weighted by atomic mass is 32.2. The Bertz CT molecular complexity index is 498. The molecule has 0 unspecified atom stereocenters. The third-order valence-electron chi connectivity index (χ3n) is 3.13. The van der Waals surface area contributed by atoms with Crippen molar-refractivity contribution >= 4 is 10.0 Å². The van der Waals surface area contributed by atoms with Gasteiger partial charge in [-0.3, -0.25) is 0 Å². The molecule has 1 rings (SSSR count). The molecule has 0 saturated carbocycles. The van der Waals surface area contributed by atoms with E-state index in [0.29, 0.717) is 18.0 Å². The molecule has 18 heavy (non-hydrogen) atoms. The van der Waals surface area contributed by atoms with E-state index in [9.17, 15) is 8.42 Å². The van der Waals surface area contributed by atoms with Gasteiger partial charge in [-0.25, -0.2) is 12.7 Å². The topological polar surface area (TPSA) is 63.4 Å². The second-order valence-corrected chi connectivity index (χ2v) is 6.44. The van der Waals surface area contributed by atoms with Crippen LogP contribution in [-0.4, -0.2) is 26.3 Å². The van der Waals surface area contributed by atoms with Gasteiger partial charge in [-0.15, -0.1) is 0 Å². The first-order valence-electron chi connectivity index (χ1n) is 6.20. The van der Waals surface area contributed by atoms with Crippen LogP contribution in [0.5, 0.6) is 0 Å². The SMILES string of the molecule is CCCCN(C)S(=O)(=O)c1cccc(CN)c1C. The normalized spacial score (nSPS) is 12.1. The first kappa shape index (κ1) is 15.1. The van der Waals surface area contributed by atoms with Crippen LogP contribution in [0.1, 0.15) is 30.9 Å². The molecule has 0 fully saturated rings. The van der Waals surface area contributed by atoms with E-state index in [2.05, 4.69) is 0 Å². The van der Waals surface area contributed by atoms with Crippen LogP contribution >= 0.6 is 0 Å². The molecule has 0 radical (unpaired) electrons. The van der Waals surface area contributed by atoms with Gasteiger partial charge in [0.25, 0.3) is 0 Å². The minimum Gasteiger partial charge on any atom is -0.326 e. The van der Waals surface area contributed by atoms with Crippen LogP contribution in [0.4, 0.5) is 0 Å². The van der Waals surface area contributed by atoms with Crippen LogP contribution in [-0.2, 0) is 16.6 Å². The molecule has 0 heterocycles. The Hall–Kier alpha value is -0.910. The quantitative estimate of drug-likeness (QED) is 0.858. The van der Waals surface area contributed by atoms with E-state index in [-0.39, 0.29) is 0 Å². The lowest BCUT2D eigenvalue weighted by molar-refractivity contribution is 0.459. The summed E-state index contributed by atoms with van der Waals surface area (Å²) in [5, 5.41) is 0. The van der Waals surface area contributed by atoms with Gasteiger partial charge in [0.05, 0.1) is 4.90 Å². The zero-order valence-electron chi connectivity index (χ0n) is 11.3. The molecule has 2 N–H and O–H groups in total. The summed E-state index contributed by atoms with van der Waals surface area (Å²) in [7, 11) is -1.77. The Labute approximate surface area is 110 Å². The van der Waals surface area contributed by atoms with Crippen molar-refractivity contribution in [3.63, 3.8) is 0 Å². The van der Waals surface area contributed by atoms with Crippen LogP contribution in [0.15, 0.2) is 23.1 Å². The van der Waals surface area contributed by atoms with E-state index in [4.69, 9.17) is 5.73 Å². The number of benzene rings is 1. The maximum atomic E-state index is 12.4. The van der Waals surface area contributed by atoms with Crippen LogP contribution in [0, 0.1) is 6.92 Å². The summed E-state index contributed by atoms with van der Waals surface area (Å²) in [6, 6.07) is 5.25. The molecular weight excluding hydrogens is 248 g/mol. The number of unbranched alkanes of at least 4 members (excludes halogenated alkanes) is 1. The van der Waals surface area contributed by atoms with Crippen molar-refractivity contribution in [2.45, 2.75) is 38.1 Å². The zero-order chi connectivity index (χ0) is 13.8. The minimum absolute atomic E-state index is 0.355. The molecule has 0 saturated heterocycles. The predicted octanol–water partition coefficient (Wildman–Crippen LogP) is 1.87. The molecule has 5 heteroatoms. The fraction of sp³-hybridized carbons (Fsp3) is 0.538. The second kappa shape index (κ2) is 6.31. The van der Waals surface area contributed by atoms with Gasteiger partial charge < -0.3 is 5.73 Å². The Balaban J connectivity index is 3.12. The van der Waals surface area contributed by atoms with Gasteiger partial charge in [-0.05, 0) is 30.5 Å². The van der Waals surface area contributed by atoms with Crippen molar-refractivity contribution < 1.29 is 8.42 Å². The van der Waals surface area contributed by atoms with E-state index in [1.165, 1.54) is 4.31 Å². The lowest BCUT2D eigenvalue weighted by Gasteiger charge is -2.19. The molecule has 4 nitrogen and oxygen atoms in total. The third-order valence-corrected chi connectivity index (χ3v) is 5.13. The highest BCUT2D eigenvalue weighted by Gasteiger charge is 2.22. The number of hydrogen-bond acceptors (Lipinski definition) is 3. The van der Waals surface area contributed by atoms with Gasteiger partial charge in [-0.2, -0.15) is 0 Å². The molecule has 0 aromatic heterocycles. The summed E-state index contributed by atoms with van der Waals surface area (Å²) >= 11 is 0. The minimum atomic E-state index is -3.40. The van der Waals surface area contributed by atoms with Gasteiger partial charge in [0.15, 0.2) is 0 Å². The standard InChI is InChI=1S/C13H22N2O2S/c1-4-5-9-15(3)18(16,17)13-8-6-7-12(10-14)11(13)2/h6-8H,4-5,9-10,14H2,1-3H3. The predicted molar refractivity (Wildman–Crippen MR) is 73.8 cm³/mol. The third kappa shape index (κ3) is 3.10. The van der Waals surface area contributed by atoms with Crippen LogP contribution in [0.3, 0.4) is 0 Å². The van der Waals surface area contributed by atoms with E-state index in [0.717, 1.165) is 24.0 Å². The van der Waals surface area contributed by atoms with Gasteiger partial charge in [0, 0.05) is 20.1 Å². The maximum absolute atomic E-state index is 12.4. The first-order valence-corrected chi connectivity index (χ1v) is 7.64. The number of nitrogens with zero attached hydrogens (tertiary/aromatic N) is 1. The summed E-state index contributed by atoms with van der Waals surface area (Å²) < 4.78 is 26.2. The van der Waals surface area contributed by atoms with Gasteiger partial charge in [-0.1, -0.05) is 25.5 Å². The average Bonchev–Trinajstić information content (AvgIpc) is 2.35. The molecule has 0 atom stereocenters. The highest BCUT2D eigenvalue weighted by Crippen LogP contribution is 2.21. The molecular formula is C13H22N2O2S. The Morgan fingerprint density at radius 1 is 1.33 bits per heavy atom. The van der Waals surface area contributed by atoms with Crippen molar-refractivity contribution in [1.82, 2.24) is 4.31 Å². The highest BCUT2D eigenvalue weighted by molar-refractivity contribution is 7.89. The van der Waals surface area contributed by atoms with Gasteiger partial charge in [0.2, 0.25) is 10.0 Å². The van der Waals surface area contributed by atoms with Gasteiger partial charge >= 0.3 is 0 Å². The lowest BCUT2D eigenvalue weighted by Crippen LogP contribution is -2.28. The van der Waals surface area contributed by atoms with Crippen molar-refractivity contribution in [2.75, 3.05) is 13.6 Å². The van der Waals surface area contributed by atoms with E-state index in [1.807, 2.05) is 19.9 Å². The second-order valence-electron chi connectivity index (χ2n) is 4.42. The number of sulfonamides is 1. The monoisotopic (exact) mass is 270 g/mol. The summed E-state index contributed by atoms with van der Waals surface area (Å²) in [4.78, 5) is 0.365. The molecule has 0 aliphatic carbocycles. The van der Waals surface area contributed by atoms with Crippen LogP contribution in [0.25, 0.3) is 0 Å². The molecule has 1 aromatic rings. The van der Waals surface area contributed by atoms with E-state index in [1.54, 1.807) is 19.2 Å². The van der Waals surface area contributed by atoms with Crippen molar-refractivity contribution in [1.29, 1.82) is 0 Å². The maximum Gasteiger partial charge on any atom is 0.243 e. The number of nitrogens with two attached hydrogens (primary N) is 1. The van der Waals surface area contributed by atoms with Crippen molar-refractivity contribution in [3.8, 4) is 0 Å². The molecule has 0 spiro atoms. The summed E-state index contributed by atoms with van der Waals surface area (Å²) in [6.45, 7) is 4.75. The van der Waals surface area contributed by atoms with E-state index < -0.39 is 10.0 Å². The Morgan fingerprint density at radius 2 is 2.00 bits per heavy atom. The molecule has 0 aliphatic heterocycles. The molecule has 0 amide bonds. The first-order chi connectivity index (χ1) is 8.45.